The first-order chi connectivity index (χ1) is 19.3. The maximum atomic E-state index is 12.8. The Bertz CT molecular complexity index is 1700. The van der Waals surface area contributed by atoms with Crippen LogP contribution in [0.5, 0.6) is 0 Å². The lowest BCUT2D eigenvalue weighted by Crippen LogP contribution is -2.25. The summed E-state index contributed by atoms with van der Waals surface area (Å²) in [4.78, 5) is 40.7. The molecule has 202 valence electrons. The van der Waals surface area contributed by atoms with Crippen molar-refractivity contribution in [3.8, 4) is 5.69 Å². The SMILES string of the molecule is Cc1ccc(C(=O)NCc2nnc(SCC(=O)Nc3nc4ccccc4s3)n2-c2ccc(Br)cc2)cc1[N+](=O)[O-]. The molecule has 2 aromatic heterocycles. The molecular weight excluding hydrogens is 618 g/mol. The molecule has 0 radical (unpaired) electrons. The number of nitro groups is 1. The zero-order valence-electron chi connectivity index (χ0n) is 20.8. The summed E-state index contributed by atoms with van der Waals surface area (Å²) >= 11 is 6.02. The number of hydrogen-bond acceptors (Lipinski definition) is 9. The fraction of sp³-hybridized carbons (Fsp3) is 0.115. The average molecular weight is 639 g/mol. The van der Waals surface area contributed by atoms with Crippen molar-refractivity contribution < 1.29 is 14.5 Å². The fourth-order valence-electron chi connectivity index (χ4n) is 3.78. The third-order valence-electron chi connectivity index (χ3n) is 5.73. The smallest absolute Gasteiger partial charge is 0.273 e. The first kappa shape index (κ1) is 27.4. The highest BCUT2D eigenvalue weighted by Gasteiger charge is 2.19. The van der Waals surface area contributed by atoms with E-state index in [1.54, 1.807) is 11.5 Å². The van der Waals surface area contributed by atoms with Crippen LogP contribution < -0.4 is 10.6 Å². The van der Waals surface area contributed by atoms with Crippen molar-refractivity contribution in [2.24, 2.45) is 0 Å². The molecule has 0 aliphatic carbocycles. The predicted octanol–water partition coefficient (Wildman–Crippen LogP) is 5.52. The summed E-state index contributed by atoms with van der Waals surface area (Å²) in [6, 6.07) is 19.4. The van der Waals surface area contributed by atoms with Gasteiger partial charge in [-0.1, -0.05) is 57.2 Å². The van der Waals surface area contributed by atoms with Crippen molar-refractivity contribution in [3.05, 3.63) is 98.3 Å². The number of carbonyl (C=O) groups is 2. The van der Waals surface area contributed by atoms with Crippen molar-refractivity contribution in [1.82, 2.24) is 25.1 Å². The van der Waals surface area contributed by atoms with Gasteiger partial charge in [-0.2, -0.15) is 0 Å². The van der Waals surface area contributed by atoms with E-state index in [2.05, 4.69) is 41.7 Å². The molecule has 0 aliphatic heterocycles. The van der Waals surface area contributed by atoms with Gasteiger partial charge in [0.05, 0.1) is 27.4 Å². The molecular formula is C26H20BrN7O4S2. The first-order valence-electron chi connectivity index (χ1n) is 11.8. The van der Waals surface area contributed by atoms with Gasteiger partial charge in [-0.25, -0.2) is 4.98 Å². The topological polar surface area (TPSA) is 145 Å². The van der Waals surface area contributed by atoms with Gasteiger partial charge in [0.15, 0.2) is 16.1 Å². The Balaban J connectivity index is 1.32. The second-order valence-electron chi connectivity index (χ2n) is 8.48. The number of thioether (sulfide) groups is 1. The van der Waals surface area contributed by atoms with Gasteiger partial charge in [-0.05, 0) is 49.4 Å². The highest BCUT2D eigenvalue weighted by Crippen LogP contribution is 2.27. The van der Waals surface area contributed by atoms with E-state index < -0.39 is 10.8 Å². The minimum atomic E-state index is -0.521. The van der Waals surface area contributed by atoms with E-state index in [0.29, 0.717) is 21.7 Å². The summed E-state index contributed by atoms with van der Waals surface area (Å²) in [5.74, 6) is -0.251. The lowest BCUT2D eigenvalue weighted by atomic mass is 10.1. The summed E-state index contributed by atoms with van der Waals surface area (Å²) in [5.41, 5.74) is 2.04. The van der Waals surface area contributed by atoms with E-state index in [-0.39, 0.29) is 29.5 Å². The highest BCUT2D eigenvalue weighted by molar-refractivity contribution is 9.10. The van der Waals surface area contributed by atoms with Crippen LogP contribution in [0.3, 0.4) is 0 Å². The zero-order valence-corrected chi connectivity index (χ0v) is 24.0. The summed E-state index contributed by atoms with van der Waals surface area (Å²) < 4.78 is 3.61. The van der Waals surface area contributed by atoms with E-state index >= 15 is 0 Å². The Hall–Kier alpha value is -4.14. The Morgan fingerprint density at radius 1 is 1.10 bits per heavy atom. The number of nitrogens with one attached hydrogen (secondary N) is 2. The second-order valence-corrected chi connectivity index (χ2v) is 11.4. The van der Waals surface area contributed by atoms with Gasteiger partial charge >= 0.3 is 0 Å². The normalized spacial score (nSPS) is 10.9. The minimum absolute atomic E-state index is 0.00202. The van der Waals surface area contributed by atoms with Crippen molar-refractivity contribution in [3.63, 3.8) is 0 Å². The van der Waals surface area contributed by atoms with Crippen molar-refractivity contribution in [2.75, 3.05) is 11.1 Å². The second kappa shape index (κ2) is 11.9. The van der Waals surface area contributed by atoms with Gasteiger partial charge in [0, 0.05) is 27.4 Å². The molecule has 40 heavy (non-hydrogen) atoms. The van der Waals surface area contributed by atoms with E-state index in [0.717, 1.165) is 20.4 Å². The molecule has 2 heterocycles. The third kappa shape index (κ3) is 6.19. The number of fused-ring (bicyclic) bond motifs is 1. The predicted molar refractivity (Wildman–Crippen MR) is 157 cm³/mol. The van der Waals surface area contributed by atoms with Crippen LogP contribution >= 0.6 is 39.0 Å². The minimum Gasteiger partial charge on any atom is -0.345 e. The van der Waals surface area contributed by atoms with Gasteiger partial charge in [0.1, 0.15) is 0 Å². The largest absolute Gasteiger partial charge is 0.345 e. The maximum Gasteiger partial charge on any atom is 0.273 e. The Morgan fingerprint density at radius 3 is 2.62 bits per heavy atom. The number of aromatic nitrogens is 4. The molecule has 0 saturated carbocycles. The Labute approximate surface area is 244 Å². The number of amides is 2. The van der Waals surface area contributed by atoms with Crippen LogP contribution in [0.2, 0.25) is 0 Å². The lowest BCUT2D eigenvalue weighted by molar-refractivity contribution is -0.385. The molecule has 11 nitrogen and oxygen atoms in total. The third-order valence-corrected chi connectivity index (χ3v) is 8.14. The highest BCUT2D eigenvalue weighted by atomic mass is 79.9. The molecule has 0 unspecified atom stereocenters. The van der Waals surface area contributed by atoms with Gasteiger partial charge in [-0.15, -0.1) is 10.2 Å². The molecule has 0 spiro atoms. The summed E-state index contributed by atoms with van der Waals surface area (Å²) in [5, 5.41) is 26.3. The van der Waals surface area contributed by atoms with Gasteiger partial charge in [-0.3, -0.25) is 24.3 Å². The molecule has 2 amide bonds. The maximum absolute atomic E-state index is 12.8. The van der Waals surface area contributed by atoms with Gasteiger partial charge < -0.3 is 10.6 Å². The number of thiazole rings is 1. The molecule has 3 aromatic carbocycles. The number of halogens is 1. The number of aryl methyl sites for hydroxylation is 1. The number of benzene rings is 3. The lowest BCUT2D eigenvalue weighted by Gasteiger charge is -2.11. The molecule has 14 heteroatoms. The van der Waals surface area contributed by atoms with Crippen molar-refractivity contribution in [1.29, 1.82) is 0 Å². The van der Waals surface area contributed by atoms with Crippen LogP contribution in [0, 0.1) is 17.0 Å². The molecule has 2 N–H and O–H groups in total. The quantitative estimate of drug-likeness (QED) is 0.122. The van der Waals surface area contributed by atoms with Crippen LogP contribution in [0.25, 0.3) is 15.9 Å². The van der Waals surface area contributed by atoms with E-state index in [4.69, 9.17) is 0 Å². The number of nitro benzene ring substituents is 1. The van der Waals surface area contributed by atoms with Gasteiger partial charge in [0.2, 0.25) is 5.91 Å². The van der Waals surface area contributed by atoms with E-state index in [1.165, 1.54) is 41.3 Å². The molecule has 5 rings (SSSR count). The average Bonchev–Trinajstić information content (AvgIpc) is 3.54. The monoisotopic (exact) mass is 637 g/mol. The summed E-state index contributed by atoms with van der Waals surface area (Å²) in [6.07, 6.45) is 0. The molecule has 0 bridgehead atoms. The standard InChI is InChI=1S/C26H20BrN7O4S2/c1-15-6-7-16(12-20(15)34(37)38)24(36)28-13-22-31-32-26(33(22)18-10-8-17(27)9-11-18)39-14-23(35)30-25-29-19-4-2-3-5-21(19)40-25/h2-12H,13-14H2,1H3,(H,28,36)(H,29,30,35). The number of rotatable bonds is 9. The van der Waals surface area contributed by atoms with Crippen LogP contribution in [-0.4, -0.2) is 42.2 Å². The number of carbonyl (C=O) groups excluding carboxylic acids is 2. The Morgan fingerprint density at radius 2 is 1.88 bits per heavy atom. The zero-order chi connectivity index (χ0) is 28.2. The summed E-state index contributed by atoms with van der Waals surface area (Å²) in [7, 11) is 0. The van der Waals surface area contributed by atoms with Crippen LogP contribution in [0.1, 0.15) is 21.7 Å². The summed E-state index contributed by atoms with van der Waals surface area (Å²) in [6.45, 7) is 1.61. The van der Waals surface area contributed by atoms with E-state index in [1.807, 2.05) is 48.5 Å². The molecule has 0 fully saturated rings. The number of nitrogens with zero attached hydrogens (tertiary/aromatic N) is 5. The van der Waals surface area contributed by atoms with Crippen LogP contribution in [-0.2, 0) is 11.3 Å². The Kier molecular flexibility index (Phi) is 8.19. The molecule has 0 saturated heterocycles. The molecule has 0 atom stereocenters. The molecule has 5 aromatic rings. The van der Waals surface area contributed by atoms with Crippen LogP contribution in [0.15, 0.2) is 76.4 Å². The number of hydrogen-bond donors (Lipinski definition) is 2. The van der Waals surface area contributed by atoms with Crippen molar-refractivity contribution >= 4 is 71.9 Å². The van der Waals surface area contributed by atoms with Crippen molar-refractivity contribution in [2.45, 2.75) is 18.6 Å². The molecule has 0 aliphatic rings. The first-order valence-corrected chi connectivity index (χ1v) is 14.4. The number of anilines is 1. The van der Waals surface area contributed by atoms with Crippen LogP contribution in [0.4, 0.5) is 10.8 Å². The van der Waals surface area contributed by atoms with E-state index in [9.17, 15) is 19.7 Å². The number of para-hydroxylation sites is 1. The fourth-order valence-corrected chi connectivity index (χ4v) is 5.69. The van der Waals surface area contributed by atoms with Gasteiger partial charge in [0.25, 0.3) is 11.6 Å².